The highest BCUT2D eigenvalue weighted by atomic mass is 35.5. The lowest BCUT2D eigenvalue weighted by Gasteiger charge is -2.43. The molecule has 0 aliphatic carbocycles. The highest BCUT2D eigenvalue weighted by Gasteiger charge is 2.40. The van der Waals surface area contributed by atoms with Gasteiger partial charge in [0.2, 0.25) is 0 Å². The van der Waals surface area contributed by atoms with Gasteiger partial charge in [0.1, 0.15) is 11.4 Å². The first-order valence-corrected chi connectivity index (χ1v) is 12.4. The van der Waals surface area contributed by atoms with Crippen molar-refractivity contribution in [3.63, 3.8) is 0 Å². The van der Waals surface area contributed by atoms with Gasteiger partial charge >= 0.3 is 12.4 Å². The zero-order valence-electron chi connectivity index (χ0n) is 19.9. The van der Waals surface area contributed by atoms with Crippen LogP contribution in [-0.2, 0) is 29.2 Å². The average Bonchev–Trinajstić information content (AvgIpc) is 2.85. The quantitative estimate of drug-likeness (QED) is 0.264. The minimum absolute atomic E-state index is 0.0994. The summed E-state index contributed by atoms with van der Waals surface area (Å²) in [5.74, 6) is 0.646. The van der Waals surface area contributed by atoms with Crippen LogP contribution in [0.15, 0.2) is 66.7 Å². The number of ether oxygens (including phenoxy) is 2. The van der Waals surface area contributed by atoms with E-state index in [4.69, 9.17) is 32.7 Å². The zero-order valence-corrected chi connectivity index (χ0v) is 21.4. The fourth-order valence-electron chi connectivity index (χ4n) is 4.46. The summed E-state index contributed by atoms with van der Waals surface area (Å²) in [7, 11) is 0. The number of alkyl halides is 6. The van der Waals surface area contributed by atoms with Crippen molar-refractivity contribution < 1.29 is 35.8 Å². The monoisotopic (exact) mass is 577 g/mol. The van der Waals surface area contributed by atoms with E-state index in [9.17, 15) is 26.3 Å². The number of rotatable bonds is 7. The van der Waals surface area contributed by atoms with Gasteiger partial charge in [-0.1, -0.05) is 47.5 Å². The molecule has 204 valence electrons. The zero-order chi connectivity index (χ0) is 27.6. The van der Waals surface area contributed by atoms with E-state index in [1.54, 1.807) is 35.2 Å². The summed E-state index contributed by atoms with van der Waals surface area (Å²) >= 11 is 12.4. The Morgan fingerprint density at radius 3 is 2.11 bits per heavy atom. The van der Waals surface area contributed by atoms with Gasteiger partial charge < -0.3 is 9.47 Å². The Balaban J connectivity index is 1.62. The van der Waals surface area contributed by atoms with E-state index in [1.165, 1.54) is 0 Å². The predicted molar refractivity (Wildman–Crippen MR) is 132 cm³/mol. The molecule has 0 bridgehead atoms. The van der Waals surface area contributed by atoms with Crippen LogP contribution in [-0.4, -0.2) is 31.2 Å². The molecule has 0 aromatic heterocycles. The summed E-state index contributed by atoms with van der Waals surface area (Å²) < 4.78 is 92.3. The van der Waals surface area contributed by atoms with Crippen LogP contribution in [0.2, 0.25) is 10.0 Å². The number of halogens is 8. The van der Waals surface area contributed by atoms with E-state index in [0.29, 0.717) is 34.3 Å². The molecule has 0 amide bonds. The molecule has 0 saturated carbocycles. The second-order valence-corrected chi connectivity index (χ2v) is 9.82. The van der Waals surface area contributed by atoms with Crippen LogP contribution >= 0.6 is 23.2 Å². The number of benzene rings is 3. The third-order valence-electron chi connectivity index (χ3n) is 6.28. The van der Waals surface area contributed by atoms with Crippen molar-refractivity contribution >= 4 is 23.2 Å². The molecule has 38 heavy (non-hydrogen) atoms. The van der Waals surface area contributed by atoms with Gasteiger partial charge in [0, 0.05) is 26.1 Å². The van der Waals surface area contributed by atoms with Gasteiger partial charge in [0.05, 0.1) is 34.4 Å². The van der Waals surface area contributed by atoms with Crippen molar-refractivity contribution in [2.24, 2.45) is 0 Å². The van der Waals surface area contributed by atoms with Crippen LogP contribution in [0.3, 0.4) is 0 Å². The molecule has 1 fully saturated rings. The maximum Gasteiger partial charge on any atom is 0.416 e. The van der Waals surface area contributed by atoms with Crippen molar-refractivity contribution in [3.8, 4) is 5.75 Å². The first-order valence-electron chi connectivity index (χ1n) is 11.6. The molecule has 4 rings (SSSR count). The number of para-hydroxylation sites is 1. The Kier molecular flexibility index (Phi) is 8.52. The number of hydrogen-bond donors (Lipinski definition) is 0. The van der Waals surface area contributed by atoms with Crippen LogP contribution in [0, 0.1) is 0 Å². The number of nitrogens with zero attached hydrogens (tertiary/aromatic N) is 1. The maximum absolute atomic E-state index is 13.4. The summed E-state index contributed by atoms with van der Waals surface area (Å²) in [6, 6.07) is 15.7. The minimum Gasteiger partial charge on any atom is -0.493 e. The average molecular weight is 578 g/mol. The summed E-state index contributed by atoms with van der Waals surface area (Å²) in [4.78, 5) is 1.77. The maximum atomic E-state index is 13.4. The smallest absolute Gasteiger partial charge is 0.416 e. The molecule has 1 aliphatic rings. The largest absolute Gasteiger partial charge is 0.493 e. The van der Waals surface area contributed by atoms with Crippen LogP contribution in [0.5, 0.6) is 5.75 Å². The molecule has 1 heterocycles. The topological polar surface area (TPSA) is 21.7 Å². The summed E-state index contributed by atoms with van der Waals surface area (Å²) in [6.07, 6.45) is -9.49. The molecule has 1 unspecified atom stereocenters. The molecule has 1 aliphatic heterocycles. The van der Waals surface area contributed by atoms with Gasteiger partial charge in [-0.05, 0) is 53.6 Å². The third kappa shape index (κ3) is 6.94. The number of morpholine rings is 1. The molecule has 3 aromatic carbocycles. The molecule has 3 nitrogen and oxygen atoms in total. The molecular weight excluding hydrogens is 555 g/mol. The van der Waals surface area contributed by atoms with Gasteiger partial charge in [-0.2, -0.15) is 26.3 Å². The lowest BCUT2D eigenvalue weighted by atomic mass is 9.88. The van der Waals surface area contributed by atoms with Gasteiger partial charge in [-0.25, -0.2) is 0 Å². The highest BCUT2D eigenvalue weighted by molar-refractivity contribution is 6.42. The van der Waals surface area contributed by atoms with Gasteiger partial charge in [0.15, 0.2) is 0 Å². The molecule has 0 radical (unpaired) electrons. The fourth-order valence-corrected chi connectivity index (χ4v) is 4.76. The molecule has 0 N–H and O–H groups in total. The van der Waals surface area contributed by atoms with E-state index in [1.807, 2.05) is 18.2 Å². The van der Waals surface area contributed by atoms with Crippen molar-refractivity contribution in [1.29, 1.82) is 0 Å². The van der Waals surface area contributed by atoms with Crippen molar-refractivity contribution in [2.75, 3.05) is 26.3 Å². The second kappa shape index (κ2) is 11.3. The van der Waals surface area contributed by atoms with Crippen molar-refractivity contribution in [1.82, 2.24) is 4.90 Å². The van der Waals surface area contributed by atoms with Crippen LogP contribution in [0.25, 0.3) is 0 Å². The van der Waals surface area contributed by atoms with Crippen molar-refractivity contribution in [2.45, 2.75) is 30.9 Å². The summed E-state index contributed by atoms with van der Waals surface area (Å²) in [6.45, 7) is 0.774. The Morgan fingerprint density at radius 1 is 0.842 bits per heavy atom. The Hall–Kier alpha value is -2.46. The first-order chi connectivity index (χ1) is 17.9. The first kappa shape index (κ1) is 28.5. The molecular formula is C27H23Cl2F6NO2. The van der Waals surface area contributed by atoms with Crippen molar-refractivity contribution in [3.05, 3.63) is 99.0 Å². The van der Waals surface area contributed by atoms with E-state index < -0.39 is 29.1 Å². The van der Waals surface area contributed by atoms with E-state index in [0.717, 1.165) is 12.1 Å². The fraction of sp³-hybridized carbons (Fsp3) is 0.333. The van der Waals surface area contributed by atoms with Crippen LogP contribution < -0.4 is 4.74 Å². The molecule has 11 heteroatoms. The molecule has 1 atom stereocenters. The third-order valence-corrected chi connectivity index (χ3v) is 7.02. The molecule has 3 aromatic rings. The summed E-state index contributed by atoms with van der Waals surface area (Å²) in [5.41, 5.74) is -3.11. The lowest BCUT2D eigenvalue weighted by Crippen LogP contribution is -2.50. The standard InChI is InChI=1S/C27H23Cl2F6NO2/c28-23-7-6-19(15-24(23)29)25(8-10-37-22-4-2-1-3-5-22)17-36(9-11-38-25)16-18-12-20(26(30,31)32)14-21(13-18)27(33,34)35/h1-7,12-15H,8-11,16-17H2. The number of hydrogen-bond acceptors (Lipinski definition) is 3. The Bertz CT molecular complexity index is 1220. The van der Waals surface area contributed by atoms with Gasteiger partial charge in [-0.15, -0.1) is 0 Å². The van der Waals surface area contributed by atoms with Gasteiger partial charge in [0.25, 0.3) is 0 Å². The van der Waals surface area contributed by atoms with Crippen LogP contribution in [0.4, 0.5) is 26.3 Å². The molecule has 0 spiro atoms. The Morgan fingerprint density at radius 2 is 1.50 bits per heavy atom. The van der Waals surface area contributed by atoms with E-state index in [2.05, 4.69) is 0 Å². The minimum atomic E-state index is -4.92. The SMILES string of the molecule is FC(F)(F)c1cc(CN2CCOC(CCOc3ccccc3)(c3ccc(Cl)c(Cl)c3)C2)cc(C(F)(F)F)c1. The normalized spacial score (nSPS) is 18.9. The lowest BCUT2D eigenvalue weighted by molar-refractivity contribution is -0.143. The second-order valence-electron chi connectivity index (χ2n) is 9.01. The molecule has 1 saturated heterocycles. The Labute approximate surface area is 225 Å². The van der Waals surface area contributed by atoms with E-state index >= 15 is 0 Å². The van der Waals surface area contributed by atoms with Crippen LogP contribution in [0.1, 0.15) is 28.7 Å². The summed E-state index contributed by atoms with van der Waals surface area (Å²) in [5, 5.41) is 0.628. The highest BCUT2D eigenvalue weighted by Crippen LogP contribution is 2.39. The van der Waals surface area contributed by atoms with E-state index in [-0.39, 0.29) is 37.9 Å². The predicted octanol–water partition coefficient (Wildman–Crippen LogP) is 8.23. The van der Waals surface area contributed by atoms with Gasteiger partial charge in [-0.3, -0.25) is 4.90 Å².